The van der Waals surface area contributed by atoms with E-state index in [1.807, 2.05) is 6.07 Å². The molecule has 0 unspecified atom stereocenters. The predicted octanol–water partition coefficient (Wildman–Crippen LogP) is 2.24. The van der Waals surface area contributed by atoms with Crippen LogP contribution in [0.1, 0.15) is 17.5 Å². The first-order valence-corrected chi connectivity index (χ1v) is 7.73. The van der Waals surface area contributed by atoms with Gasteiger partial charge in [0.2, 0.25) is 5.91 Å². The van der Waals surface area contributed by atoms with E-state index in [4.69, 9.17) is 4.74 Å². The minimum atomic E-state index is -0.413. The van der Waals surface area contributed by atoms with Crippen LogP contribution >= 0.6 is 0 Å². The molecule has 0 atom stereocenters. The van der Waals surface area contributed by atoms with Gasteiger partial charge in [-0.3, -0.25) is 9.59 Å². The summed E-state index contributed by atoms with van der Waals surface area (Å²) in [6.07, 6.45) is 2.50. The Hall–Kier alpha value is -3.22. The zero-order chi connectivity index (χ0) is 17.6. The van der Waals surface area contributed by atoms with Crippen LogP contribution in [-0.4, -0.2) is 24.6 Å². The van der Waals surface area contributed by atoms with Crippen LogP contribution < -0.4 is 15.5 Å². The van der Waals surface area contributed by atoms with Crippen molar-refractivity contribution in [2.45, 2.75) is 12.8 Å². The largest absolute Gasteiger partial charge is 0.484 e. The molecule has 25 heavy (non-hydrogen) atoms. The summed E-state index contributed by atoms with van der Waals surface area (Å²) in [4.78, 5) is 23.0. The molecule has 2 aromatic rings. The molecular weight excluding hydrogens is 325 g/mol. The zero-order valence-electron chi connectivity index (χ0n) is 13.3. The standard InChI is InChI=1S/C18H16FN3O3/c19-14-4-1-12(2-5-14)10-20-22-18(24)11-25-15-6-7-16-13(9-15)3-8-17(23)21-16/h1-2,4-7,9-10H,3,8,11H2,(H,21,23)(H,22,24)/b20-10+. The normalized spacial score (nSPS) is 13.2. The highest BCUT2D eigenvalue weighted by Crippen LogP contribution is 2.26. The molecule has 1 aliphatic rings. The molecule has 0 saturated carbocycles. The number of benzene rings is 2. The van der Waals surface area contributed by atoms with Gasteiger partial charge >= 0.3 is 0 Å². The molecule has 128 valence electrons. The lowest BCUT2D eigenvalue weighted by molar-refractivity contribution is -0.123. The van der Waals surface area contributed by atoms with Crippen LogP contribution in [0.15, 0.2) is 47.6 Å². The first kappa shape index (κ1) is 16.6. The minimum absolute atomic E-state index is 0.000405. The highest BCUT2D eigenvalue weighted by atomic mass is 19.1. The van der Waals surface area contributed by atoms with Gasteiger partial charge in [-0.2, -0.15) is 5.10 Å². The number of carbonyl (C=O) groups excluding carboxylic acids is 2. The van der Waals surface area contributed by atoms with E-state index in [0.717, 1.165) is 11.3 Å². The number of hydrogen-bond acceptors (Lipinski definition) is 4. The Bertz CT molecular complexity index is 819. The average Bonchev–Trinajstić information content (AvgIpc) is 2.61. The van der Waals surface area contributed by atoms with Crippen molar-refractivity contribution >= 4 is 23.7 Å². The molecule has 0 bridgehead atoms. The van der Waals surface area contributed by atoms with Crippen molar-refractivity contribution in [1.29, 1.82) is 0 Å². The first-order chi connectivity index (χ1) is 12.1. The van der Waals surface area contributed by atoms with Crippen LogP contribution in [0.3, 0.4) is 0 Å². The molecule has 7 heteroatoms. The number of rotatable bonds is 5. The van der Waals surface area contributed by atoms with Crippen molar-refractivity contribution in [2.75, 3.05) is 11.9 Å². The van der Waals surface area contributed by atoms with Crippen LogP contribution in [0.2, 0.25) is 0 Å². The number of fused-ring (bicyclic) bond motifs is 1. The number of amides is 2. The highest BCUT2D eigenvalue weighted by Gasteiger charge is 2.15. The molecule has 0 saturated heterocycles. The lowest BCUT2D eigenvalue weighted by Crippen LogP contribution is -2.24. The van der Waals surface area contributed by atoms with Crippen LogP contribution in [0.4, 0.5) is 10.1 Å². The van der Waals surface area contributed by atoms with Gasteiger partial charge in [0, 0.05) is 12.1 Å². The lowest BCUT2D eigenvalue weighted by atomic mass is 10.0. The van der Waals surface area contributed by atoms with Gasteiger partial charge < -0.3 is 10.1 Å². The van der Waals surface area contributed by atoms with Gasteiger partial charge in [0.05, 0.1) is 6.21 Å². The number of anilines is 1. The van der Waals surface area contributed by atoms with E-state index in [1.165, 1.54) is 18.3 Å². The summed E-state index contributed by atoms with van der Waals surface area (Å²) in [5, 5.41) is 6.57. The van der Waals surface area contributed by atoms with E-state index in [0.29, 0.717) is 24.2 Å². The van der Waals surface area contributed by atoms with Crippen molar-refractivity contribution in [1.82, 2.24) is 5.43 Å². The second-order valence-corrected chi connectivity index (χ2v) is 5.50. The second-order valence-electron chi connectivity index (χ2n) is 5.50. The Balaban J connectivity index is 1.49. The lowest BCUT2D eigenvalue weighted by Gasteiger charge is -2.17. The molecule has 0 spiro atoms. The Morgan fingerprint density at radius 2 is 2.04 bits per heavy atom. The van der Waals surface area contributed by atoms with Gasteiger partial charge in [-0.25, -0.2) is 9.82 Å². The van der Waals surface area contributed by atoms with E-state index >= 15 is 0 Å². The Labute approximate surface area is 143 Å². The summed E-state index contributed by atoms with van der Waals surface area (Å²) < 4.78 is 18.2. The molecule has 2 N–H and O–H groups in total. The topological polar surface area (TPSA) is 79.8 Å². The maximum atomic E-state index is 12.8. The maximum Gasteiger partial charge on any atom is 0.277 e. The van der Waals surface area contributed by atoms with E-state index < -0.39 is 5.91 Å². The molecule has 1 heterocycles. The van der Waals surface area contributed by atoms with Crippen LogP contribution in [-0.2, 0) is 16.0 Å². The molecule has 3 rings (SSSR count). The summed E-state index contributed by atoms with van der Waals surface area (Å²) in [6.45, 7) is -0.189. The third kappa shape index (κ3) is 4.63. The van der Waals surface area contributed by atoms with Crippen LogP contribution in [0.25, 0.3) is 0 Å². The fraction of sp³-hybridized carbons (Fsp3) is 0.167. The smallest absolute Gasteiger partial charge is 0.277 e. The van der Waals surface area contributed by atoms with E-state index in [1.54, 1.807) is 24.3 Å². The third-order valence-corrected chi connectivity index (χ3v) is 3.62. The number of nitrogens with zero attached hydrogens (tertiary/aromatic N) is 1. The molecule has 0 aliphatic carbocycles. The number of nitrogens with one attached hydrogen (secondary N) is 2. The molecule has 0 aromatic heterocycles. The second kappa shape index (κ2) is 7.57. The summed E-state index contributed by atoms with van der Waals surface area (Å²) in [5.41, 5.74) is 4.76. The van der Waals surface area contributed by atoms with Crippen molar-refractivity contribution in [3.63, 3.8) is 0 Å². The van der Waals surface area contributed by atoms with Crippen LogP contribution in [0.5, 0.6) is 5.75 Å². The van der Waals surface area contributed by atoms with E-state index in [2.05, 4.69) is 15.8 Å². The van der Waals surface area contributed by atoms with Gasteiger partial charge in [-0.15, -0.1) is 0 Å². The van der Waals surface area contributed by atoms with Gasteiger partial charge in [0.1, 0.15) is 11.6 Å². The molecular formula is C18H16FN3O3. The molecule has 0 radical (unpaired) electrons. The number of ether oxygens (including phenoxy) is 1. The molecule has 2 amide bonds. The van der Waals surface area contributed by atoms with Gasteiger partial charge in [-0.1, -0.05) is 12.1 Å². The monoisotopic (exact) mass is 341 g/mol. The zero-order valence-corrected chi connectivity index (χ0v) is 13.3. The Morgan fingerprint density at radius 1 is 1.24 bits per heavy atom. The van der Waals surface area contributed by atoms with E-state index in [9.17, 15) is 14.0 Å². The van der Waals surface area contributed by atoms with Crippen molar-refractivity contribution in [3.05, 3.63) is 59.4 Å². The Morgan fingerprint density at radius 3 is 2.84 bits per heavy atom. The molecule has 2 aromatic carbocycles. The number of halogens is 1. The number of aryl methyl sites for hydroxylation is 1. The fourth-order valence-electron chi connectivity index (χ4n) is 2.36. The average molecular weight is 341 g/mol. The summed E-state index contributed by atoms with van der Waals surface area (Å²) in [7, 11) is 0. The van der Waals surface area contributed by atoms with E-state index in [-0.39, 0.29) is 18.3 Å². The van der Waals surface area contributed by atoms with Gasteiger partial charge in [0.15, 0.2) is 6.61 Å². The molecule has 6 nitrogen and oxygen atoms in total. The summed E-state index contributed by atoms with van der Waals surface area (Å²) in [5.74, 6) is -0.198. The maximum absolute atomic E-state index is 12.8. The minimum Gasteiger partial charge on any atom is -0.484 e. The van der Waals surface area contributed by atoms with Crippen molar-refractivity contribution < 1.29 is 18.7 Å². The quantitative estimate of drug-likeness (QED) is 0.646. The molecule has 1 aliphatic heterocycles. The first-order valence-electron chi connectivity index (χ1n) is 7.73. The number of carbonyl (C=O) groups is 2. The Kier molecular flexibility index (Phi) is 5.03. The SMILES string of the molecule is O=C(COc1ccc2c(c1)CCC(=O)N2)N/N=C/c1ccc(F)cc1. The highest BCUT2D eigenvalue weighted by molar-refractivity contribution is 5.94. The van der Waals surface area contributed by atoms with Gasteiger partial charge in [-0.05, 0) is 47.9 Å². The van der Waals surface area contributed by atoms with Crippen LogP contribution in [0, 0.1) is 5.82 Å². The van der Waals surface area contributed by atoms with Gasteiger partial charge in [0.25, 0.3) is 5.91 Å². The summed E-state index contributed by atoms with van der Waals surface area (Å²) in [6, 6.07) is 11.0. The predicted molar refractivity (Wildman–Crippen MR) is 91.0 cm³/mol. The number of hydrogen-bond donors (Lipinski definition) is 2. The summed E-state index contributed by atoms with van der Waals surface area (Å²) >= 11 is 0. The third-order valence-electron chi connectivity index (χ3n) is 3.62. The van der Waals surface area contributed by atoms with Crippen molar-refractivity contribution in [2.24, 2.45) is 5.10 Å². The fourth-order valence-corrected chi connectivity index (χ4v) is 2.36. The van der Waals surface area contributed by atoms with Crippen molar-refractivity contribution in [3.8, 4) is 5.75 Å². The molecule has 0 fully saturated rings. The number of hydrazone groups is 1.